The summed E-state index contributed by atoms with van der Waals surface area (Å²) in [5, 5.41) is 9.61. The number of aliphatic hydroxyl groups excluding tert-OH is 1. The molecule has 1 aromatic carbocycles. The minimum absolute atomic E-state index is 0.126. The molecule has 2 rings (SSSR count). The van der Waals surface area contributed by atoms with Crippen molar-refractivity contribution in [2.75, 3.05) is 20.8 Å². The van der Waals surface area contributed by atoms with Crippen LogP contribution < -0.4 is 9.47 Å². The maximum atomic E-state index is 14.2. The summed E-state index contributed by atoms with van der Waals surface area (Å²) < 4.78 is 50.8. The molecule has 0 radical (unpaired) electrons. The van der Waals surface area contributed by atoms with Crippen LogP contribution in [0, 0.1) is 5.82 Å². The second-order valence-electron chi connectivity index (χ2n) is 5.28. The van der Waals surface area contributed by atoms with Gasteiger partial charge in [-0.15, -0.1) is 0 Å². The minimum Gasteiger partial charge on any atom is -0.493 e. The molecule has 0 unspecified atom stereocenters. The number of piperidine rings is 1. The number of nitrogens with zero attached hydrogens (tertiary/aromatic N) is 1. The number of methoxy groups -OCH3 is 2. The van der Waals surface area contributed by atoms with Crippen LogP contribution in [0.5, 0.6) is 11.5 Å². The van der Waals surface area contributed by atoms with Crippen molar-refractivity contribution in [1.29, 1.82) is 0 Å². The van der Waals surface area contributed by atoms with E-state index in [0.717, 1.165) is 12.1 Å². The van der Waals surface area contributed by atoms with Crippen LogP contribution in [0.1, 0.15) is 19.8 Å². The highest BCUT2D eigenvalue weighted by Gasteiger charge is 2.36. The maximum Gasteiger partial charge on any atom is 0.246 e. The minimum atomic E-state index is -4.01. The average molecular weight is 333 g/mol. The van der Waals surface area contributed by atoms with Crippen LogP contribution in [0.2, 0.25) is 0 Å². The summed E-state index contributed by atoms with van der Waals surface area (Å²) in [6.07, 6.45) is 0.129. The molecule has 124 valence electrons. The molecule has 0 bridgehead atoms. The van der Waals surface area contributed by atoms with Crippen molar-refractivity contribution in [3.05, 3.63) is 17.9 Å². The first-order valence-electron chi connectivity index (χ1n) is 6.92. The molecular formula is C14H20FNO5S. The van der Waals surface area contributed by atoms with Gasteiger partial charge in [0.2, 0.25) is 10.0 Å². The fourth-order valence-electron chi connectivity index (χ4n) is 2.64. The van der Waals surface area contributed by atoms with Crippen LogP contribution in [-0.4, -0.2) is 50.7 Å². The fraction of sp³-hybridized carbons (Fsp3) is 0.571. The molecular weight excluding hydrogens is 313 g/mol. The number of hydrogen-bond acceptors (Lipinski definition) is 5. The Bertz CT molecular complexity index is 649. The number of benzene rings is 1. The average Bonchev–Trinajstić information content (AvgIpc) is 2.46. The largest absolute Gasteiger partial charge is 0.493 e. The van der Waals surface area contributed by atoms with Crippen molar-refractivity contribution in [2.45, 2.75) is 36.8 Å². The van der Waals surface area contributed by atoms with Crippen LogP contribution in [0.25, 0.3) is 0 Å². The third kappa shape index (κ3) is 3.04. The summed E-state index contributed by atoms with van der Waals surface area (Å²) in [7, 11) is -1.31. The van der Waals surface area contributed by atoms with Crippen LogP contribution >= 0.6 is 0 Å². The van der Waals surface area contributed by atoms with Crippen LogP contribution in [-0.2, 0) is 10.0 Å². The summed E-state index contributed by atoms with van der Waals surface area (Å²) in [5.41, 5.74) is 0. The lowest BCUT2D eigenvalue weighted by molar-refractivity contribution is 0.0866. The maximum absolute atomic E-state index is 14.2. The molecule has 0 amide bonds. The Kier molecular flexibility index (Phi) is 4.93. The summed E-state index contributed by atoms with van der Waals surface area (Å²) >= 11 is 0. The van der Waals surface area contributed by atoms with Gasteiger partial charge in [0.25, 0.3) is 0 Å². The van der Waals surface area contributed by atoms with Gasteiger partial charge in [0.1, 0.15) is 10.7 Å². The predicted molar refractivity (Wildman–Crippen MR) is 78.1 cm³/mol. The summed E-state index contributed by atoms with van der Waals surface area (Å²) in [6, 6.07) is 1.72. The van der Waals surface area contributed by atoms with E-state index in [4.69, 9.17) is 9.47 Å². The number of sulfonamides is 1. The van der Waals surface area contributed by atoms with E-state index in [1.165, 1.54) is 18.5 Å². The van der Waals surface area contributed by atoms with E-state index in [1.807, 2.05) is 0 Å². The van der Waals surface area contributed by atoms with Crippen molar-refractivity contribution in [3.63, 3.8) is 0 Å². The van der Waals surface area contributed by atoms with E-state index < -0.39 is 32.9 Å². The first-order chi connectivity index (χ1) is 10.3. The van der Waals surface area contributed by atoms with Gasteiger partial charge >= 0.3 is 0 Å². The smallest absolute Gasteiger partial charge is 0.246 e. The number of halogens is 1. The standard InChI is InChI=1S/C14H20FNO5S/c1-9-6-10(17)4-5-16(9)22(18,19)14-8-13(21-3)12(20-2)7-11(14)15/h7-10,17H,4-6H2,1-3H3/t9-,10+/m0/s1. The number of ether oxygens (including phenoxy) is 2. The van der Waals surface area contributed by atoms with Crippen molar-refractivity contribution < 1.29 is 27.4 Å². The zero-order chi connectivity index (χ0) is 16.5. The molecule has 1 fully saturated rings. The Morgan fingerprint density at radius 1 is 1.27 bits per heavy atom. The first-order valence-corrected chi connectivity index (χ1v) is 8.36. The van der Waals surface area contributed by atoms with E-state index in [2.05, 4.69) is 0 Å². The van der Waals surface area contributed by atoms with Gasteiger partial charge in [-0.05, 0) is 19.8 Å². The molecule has 1 aromatic rings. The summed E-state index contributed by atoms with van der Waals surface area (Å²) in [5.74, 6) is -0.621. The molecule has 1 aliphatic rings. The molecule has 0 spiro atoms. The monoisotopic (exact) mass is 333 g/mol. The van der Waals surface area contributed by atoms with Gasteiger partial charge in [-0.25, -0.2) is 12.8 Å². The summed E-state index contributed by atoms with van der Waals surface area (Å²) in [4.78, 5) is -0.451. The topological polar surface area (TPSA) is 76.1 Å². The van der Waals surface area contributed by atoms with Crippen LogP contribution in [0.3, 0.4) is 0 Å². The lowest BCUT2D eigenvalue weighted by atomic mass is 10.0. The number of aliphatic hydroxyl groups is 1. The molecule has 1 saturated heterocycles. The Balaban J connectivity index is 2.45. The highest BCUT2D eigenvalue weighted by molar-refractivity contribution is 7.89. The highest BCUT2D eigenvalue weighted by Crippen LogP contribution is 2.34. The molecule has 22 heavy (non-hydrogen) atoms. The van der Waals surface area contributed by atoms with Crippen LogP contribution in [0.15, 0.2) is 17.0 Å². The Hall–Kier alpha value is -1.38. The molecule has 1 aliphatic heterocycles. The Morgan fingerprint density at radius 2 is 1.86 bits per heavy atom. The van der Waals surface area contributed by atoms with Gasteiger partial charge in [0.15, 0.2) is 11.5 Å². The molecule has 0 aromatic heterocycles. The number of hydrogen-bond donors (Lipinski definition) is 1. The van der Waals surface area contributed by atoms with Crippen LogP contribution in [0.4, 0.5) is 4.39 Å². The van der Waals surface area contributed by atoms with Gasteiger partial charge < -0.3 is 14.6 Å². The normalized spacial score (nSPS) is 23.3. The predicted octanol–water partition coefficient (Wildman–Crippen LogP) is 1.38. The molecule has 0 saturated carbocycles. The van der Waals surface area contributed by atoms with E-state index >= 15 is 0 Å². The Labute approximate surface area is 129 Å². The molecule has 0 aliphatic carbocycles. The van der Waals surface area contributed by atoms with Crippen molar-refractivity contribution in [3.8, 4) is 11.5 Å². The number of rotatable bonds is 4. The quantitative estimate of drug-likeness (QED) is 0.901. The van der Waals surface area contributed by atoms with Crippen molar-refractivity contribution in [1.82, 2.24) is 4.31 Å². The van der Waals surface area contributed by atoms with E-state index in [0.29, 0.717) is 12.8 Å². The third-order valence-electron chi connectivity index (χ3n) is 3.81. The van der Waals surface area contributed by atoms with Gasteiger partial charge in [-0.1, -0.05) is 0 Å². The zero-order valence-electron chi connectivity index (χ0n) is 12.7. The molecule has 6 nitrogen and oxygen atoms in total. The van der Waals surface area contributed by atoms with Gasteiger partial charge in [0, 0.05) is 24.7 Å². The fourth-order valence-corrected chi connectivity index (χ4v) is 4.36. The van der Waals surface area contributed by atoms with E-state index in [-0.39, 0.29) is 18.0 Å². The third-order valence-corrected chi connectivity index (χ3v) is 5.84. The summed E-state index contributed by atoms with van der Waals surface area (Å²) in [6.45, 7) is 1.84. The first kappa shape index (κ1) is 17.0. The van der Waals surface area contributed by atoms with E-state index in [1.54, 1.807) is 6.92 Å². The molecule has 1 N–H and O–H groups in total. The second kappa shape index (κ2) is 6.39. The SMILES string of the molecule is COc1cc(F)c(S(=O)(=O)N2CC[C@@H](O)C[C@@H]2C)cc1OC. The molecule has 1 heterocycles. The zero-order valence-corrected chi connectivity index (χ0v) is 13.6. The lowest BCUT2D eigenvalue weighted by Gasteiger charge is -2.34. The molecule has 8 heteroatoms. The van der Waals surface area contributed by atoms with Gasteiger partial charge in [-0.3, -0.25) is 0 Å². The van der Waals surface area contributed by atoms with Gasteiger partial charge in [0.05, 0.1) is 20.3 Å². The second-order valence-corrected chi connectivity index (χ2v) is 7.14. The Morgan fingerprint density at radius 3 is 2.41 bits per heavy atom. The van der Waals surface area contributed by atoms with Crippen molar-refractivity contribution in [2.24, 2.45) is 0 Å². The van der Waals surface area contributed by atoms with E-state index in [9.17, 15) is 17.9 Å². The molecule has 2 atom stereocenters. The van der Waals surface area contributed by atoms with Crippen molar-refractivity contribution >= 4 is 10.0 Å². The highest BCUT2D eigenvalue weighted by atomic mass is 32.2. The lowest BCUT2D eigenvalue weighted by Crippen LogP contribution is -2.46. The van der Waals surface area contributed by atoms with Gasteiger partial charge in [-0.2, -0.15) is 4.31 Å².